The van der Waals surface area contributed by atoms with Crippen molar-refractivity contribution >= 4 is 11.9 Å². The number of aromatic amines is 1. The van der Waals surface area contributed by atoms with Gasteiger partial charge in [0.25, 0.3) is 5.91 Å². The standard InChI is InChI=1S/C15H22N2O3/c1-9(2)20-15(19)12-10(3)13(16-11(12)4)14(18)17-7-5-6-8-17/h9,16H,5-8H2,1-4H3. The number of likely N-dealkylation sites (tertiary alicyclic amines) is 1. The molecule has 1 aliphatic heterocycles. The van der Waals surface area contributed by atoms with Crippen molar-refractivity contribution in [2.45, 2.75) is 46.6 Å². The number of nitrogens with zero attached hydrogens (tertiary/aromatic N) is 1. The second-order valence-corrected chi connectivity index (χ2v) is 5.58. The summed E-state index contributed by atoms with van der Waals surface area (Å²) in [7, 11) is 0. The fourth-order valence-corrected chi connectivity index (χ4v) is 2.62. The first kappa shape index (κ1) is 14.6. The molecule has 5 nitrogen and oxygen atoms in total. The van der Waals surface area contributed by atoms with Gasteiger partial charge >= 0.3 is 5.97 Å². The van der Waals surface area contributed by atoms with E-state index in [0.717, 1.165) is 25.9 Å². The molecule has 0 atom stereocenters. The Labute approximate surface area is 119 Å². The van der Waals surface area contributed by atoms with Crippen LogP contribution in [0.5, 0.6) is 0 Å². The largest absolute Gasteiger partial charge is 0.459 e. The molecule has 1 aromatic rings. The van der Waals surface area contributed by atoms with Crippen LogP contribution < -0.4 is 0 Å². The van der Waals surface area contributed by atoms with Gasteiger partial charge in [0.05, 0.1) is 11.7 Å². The molecule has 0 unspecified atom stereocenters. The molecular weight excluding hydrogens is 256 g/mol. The minimum absolute atomic E-state index is 0.0216. The first-order chi connectivity index (χ1) is 9.41. The number of rotatable bonds is 3. The van der Waals surface area contributed by atoms with Gasteiger partial charge in [0.15, 0.2) is 0 Å². The van der Waals surface area contributed by atoms with Gasteiger partial charge in [0.1, 0.15) is 5.69 Å². The van der Waals surface area contributed by atoms with Gasteiger partial charge in [0, 0.05) is 18.8 Å². The first-order valence-corrected chi connectivity index (χ1v) is 7.11. The molecule has 1 aliphatic rings. The smallest absolute Gasteiger partial charge is 0.340 e. The predicted molar refractivity (Wildman–Crippen MR) is 76.0 cm³/mol. The van der Waals surface area contributed by atoms with E-state index in [4.69, 9.17) is 4.74 Å². The second-order valence-electron chi connectivity index (χ2n) is 5.58. The third-order valence-electron chi connectivity index (χ3n) is 3.59. The summed E-state index contributed by atoms with van der Waals surface area (Å²) in [6.45, 7) is 8.80. The maximum atomic E-state index is 12.4. The quantitative estimate of drug-likeness (QED) is 0.864. The summed E-state index contributed by atoms with van der Waals surface area (Å²) in [5.41, 5.74) is 2.38. The third kappa shape index (κ3) is 2.71. The molecule has 2 rings (SSSR count). The average molecular weight is 278 g/mol. The molecule has 110 valence electrons. The van der Waals surface area contributed by atoms with Crippen molar-refractivity contribution in [2.75, 3.05) is 13.1 Å². The van der Waals surface area contributed by atoms with E-state index in [-0.39, 0.29) is 18.0 Å². The van der Waals surface area contributed by atoms with Gasteiger partial charge in [0.2, 0.25) is 0 Å². The SMILES string of the molecule is Cc1[nH]c(C(=O)N2CCCC2)c(C)c1C(=O)OC(C)C. The van der Waals surface area contributed by atoms with Gasteiger partial charge in [-0.05, 0) is 46.1 Å². The number of carbonyl (C=O) groups excluding carboxylic acids is 2. The Morgan fingerprint density at radius 1 is 1.20 bits per heavy atom. The third-order valence-corrected chi connectivity index (χ3v) is 3.59. The number of aromatic nitrogens is 1. The van der Waals surface area contributed by atoms with Gasteiger partial charge in [-0.15, -0.1) is 0 Å². The van der Waals surface area contributed by atoms with Crippen LogP contribution in [-0.4, -0.2) is 41.0 Å². The molecule has 0 bridgehead atoms. The summed E-state index contributed by atoms with van der Waals surface area (Å²) in [5, 5.41) is 0. The lowest BCUT2D eigenvalue weighted by molar-refractivity contribution is 0.0376. The predicted octanol–water partition coefficient (Wildman–Crippen LogP) is 2.43. The van der Waals surface area contributed by atoms with Crippen LogP contribution in [0.4, 0.5) is 0 Å². The Morgan fingerprint density at radius 3 is 2.35 bits per heavy atom. The van der Waals surface area contributed by atoms with Crippen LogP contribution in [0, 0.1) is 13.8 Å². The topological polar surface area (TPSA) is 62.4 Å². The van der Waals surface area contributed by atoms with Crippen molar-refractivity contribution in [3.05, 3.63) is 22.5 Å². The van der Waals surface area contributed by atoms with Crippen LogP contribution in [0.15, 0.2) is 0 Å². The number of ether oxygens (including phenoxy) is 1. The van der Waals surface area contributed by atoms with Crippen molar-refractivity contribution < 1.29 is 14.3 Å². The number of aryl methyl sites for hydroxylation is 1. The number of hydrogen-bond acceptors (Lipinski definition) is 3. The van der Waals surface area contributed by atoms with Crippen LogP contribution in [0.2, 0.25) is 0 Å². The van der Waals surface area contributed by atoms with E-state index in [9.17, 15) is 9.59 Å². The van der Waals surface area contributed by atoms with E-state index in [2.05, 4.69) is 4.98 Å². The van der Waals surface area contributed by atoms with E-state index < -0.39 is 0 Å². The lowest BCUT2D eigenvalue weighted by Crippen LogP contribution is -2.28. The number of hydrogen-bond donors (Lipinski definition) is 1. The highest BCUT2D eigenvalue weighted by atomic mass is 16.5. The molecular formula is C15H22N2O3. The molecule has 0 aliphatic carbocycles. The van der Waals surface area contributed by atoms with E-state index >= 15 is 0 Å². The monoisotopic (exact) mass is 278 g/mol. The minimum atomic E-state index is -0.369. The number of carbonyl (C=O) groups is 2. The Hall–Kier alpha value is -1.78. The van der Waals surface area contributed by atoms with Crippen LogP contribution in [-0.2, 0) is 4.74 Å². The van der Waals surface area contributed by atoms with Gasteiger partial charge in [-0.2, -0.15) is 0 Å². The molecule has 1 saturated heterocycles. The van der Waals surface area contributed by atoms with Crippen molar-refractivity contribution in [1.29, 1.82) is 0 Å². The molecule has 1 amide bonds. The second kappa shape index (κ2) is 5.69. The number of esters is 1. The minimum Gasteiger partial charge on any atom is -0.459 e. The zero-order valence-electron chi connectivity index (χ0n) is 12.6. The Morgan fingerprint density at radius 2 is 1.80 bits per heavy atom. The summed E-state index contributed by atoms with van der Waals surface area (Å²) in [5.74, 6) is -0.390. The summed E-state index contributed by atoms with van der Waals surface area (Å²) in [6.07, 6.45) is 1.92. The summed E-state index contributed by atoms with van der Waals surface area (Å²) >= 11 is 0. The highest BCUT2D eigenvalue weighted by Gasteiger charge is 2.27. The van der Waals surface area contributed by atoms with Gasteiger partial charge < -0.3 is 14.6 Å². The van der Waals surface area contributed by atoms with Crippen LogP contribution >= 0.6 is 0 Å². The van der Waals surface area contributed by atoms with Gasteiger partial charge in [-0.1, -0.05) is 0 Å². The molecule has 20 heavy (non-hydrogen) atoms. The summed E-state index contributed by atoms with van der Waals surface area (Å²) in [4.78, 5) is 29.4. The fraction of sp³-hybridized carbons (Fsp3) is 0.600. The van der Waals surface area contributed by atoms with E-state index in [1.165, 1.54) is 0 Å². The molecule has 0 spiro atoms. The van der Waals surface area contributed by atoms with Crippen LogP contribution in [0.3, 0.4) is 0 Å². The highest BCUT2D eigenvalue weighted by Crippen LogP contribution is 2.22. The zero-order valence-corrected chi connectivity index (χ0v) is 12.6. The molecule has 1 aromatic heterocycles. The summed E-state index contributed by atoms with van der Waals surface area (Å²) in [6, 6.07) is 0. The molecule has 0 saturated carbocycles. The molecule has 0 radical (unpaired) electrons. The maximum absolute atomic E-state index is 12.4. The summed E-state index contributed by atoms with van der Waals surface area (Å²) < 4.78 is 5.23. The fourth-order valence-electron chi connectivity index (χ4n) is 2.62. The molecule has 1 fully saturated rings. The molecule has 5 heteroatoms. The van der Waals surface area contributed by atoms with Crippen molar-refractivity contribution in [2.24, 2.45) is 0 Å². The van der Waals surface area contributed by atoms with Crippen molar-refractivity contribution in [1.82, 2.24) is 9.88 Å². The lowest BCUT2D eigenvalue weighted by Gasteiger charge is -2.14. The Balaban J connectivity index is 2.28. The van der Waals surface area contributed by atoms with Crippen LogP contribution in [0.1, 0.15) is 58.8 Å². The van der Waals surface area contributed by atoms with Crippen molar-refractivity contribution in [3.8, 4) is 0 Å². The Kier molecular flexibility index (Phi) is 4.16. The van der Waals surface area contributed by atoms with Crippen molar-refractivity contribution in [3.63, 3.8) is 0 Å². The zero-order chi connectivity index (χ0) is 14.9. The number of nitrogens with one attached hydrogen (secondary N) is 1. The van der Waals surface area contributed by atoms with E-state index in [1.807, 2.05) is 18.7 Å². The normalized spacial score (nSPS) is 14.9. The maximum Gasteiger partial charge on any atom is 0.340 e. The first-order valence-electron chi connectivity index (χ1n) is 7.11. The number of H-pyrrole nitrogens is 1. The highest BCUT2D eigenvalue weighted by molar-refractivity contribution is 6.00. The lowest BCUT2D eigenvalue weighted by atomic mass is 10.1. The van der Waals surface area contributed by atoms with E-state index in [0.29, 0.717) is 22.5 Å². The average Bonchev–Trinajstić information content (AvgIpc) is 2.95. The molecule has 1 N–H and O–H groups in total. The number of amides is 1. The Bertz CT molecular complexity index is 525. The van der Waals surface area contributed by atoms with Gasteiger partial charge in [-0.25, -0.2) is 4.79 Å². The molecule has 2 heterocycles. The van der Waals surface area contributed by atoms with E-state index in [1.54, 1.807) is 13.8 Å². The van der Waals surface area contributed by atoms with Crippen LogP contribution in [0.25, 0.3) is 0 Å². The molecule has 0 aromatic carbocycles. The van der Waals surface area contributed by atoms with Gasteiger partial charge in [-0.3, -0.25) is 4.79 Å².